The second kappa shape index (κ2) is 15.3. The van der Waals surface area contributed by atoms with Crippen LogP contribution >= 0.6 is 0 Å². The highest BCUT2D eigenvalue weighted by atomic mass is 28.4. The highest BCUT2D eigenvalue weighted by molar-refractivity contribution is 7.05. The molecule has 0 N–H and O–H groups in total. The Hall–Kier alpha value is -1.33. The first kappa shape index (κ1) is 43.8. The van der Waals surface area contributed by atoms with E-state index < -0.39 is 33.3 Å². The van der Waals surface area contributed by atoms with Crippen LogP contribution in [0.4, 0.5) is 0 Å². The first-order chi connectivity index (χ1) is 21.9. The Morgan fingerprint density at radius 1 is 0.490 bits per heavy atom. The van der Waals surface area contributed by atoms with Gasteiger partial charge in [-0.15, -0.1) is 0 Å². The molecular formula is C42H74O3Si4. The van der Waals surface area contributed by atoms with Crippen molar-refractivity contribution in [1.29, 1.82) is 0 Å². The predicted molar refractivity (Wildman–Crippen MR) is 227 cm³/mol. The molecule has 0 aliphatic rings. The molecule has 7 heteroatoms. The van der Waals surface area contributed by atoms with Crippen molar-refractivity contribution in [2.45, 2.75) is 169 Å². The monoisotopic (exact) mass is 738 g/mol. The number of hydrogen-bond acceptors (Lipinski definition) is 3. The van der Waals surface area contributed by atoms with Crippen LogP contribution in [0.5, 0.6) is 0 Å². The topological polar surface area (TPSA) is 27.7 Å². The molecule has 0 radical (unpaired) electrons. The summed E-state index contributed by atoms with van der Waals surface area (Å²) in [6, 6.07) is 17.9. The van der Waals surface area contributed by atoms with Gasteiger partial charge in [0, 0.05) is 0 Å². The molecule has 0 amide bonds. The minimum absolute atomic E-state index is 0.0274. The summed E-state index contributed by atoms with van der Waals surface area (Å²) >= 11 is 0. The van der Waals surface area contributed by atoms with Gasteiger partial charge in [0.1, 0.15) is 0 Å². The van der Waals surface area contributed by atoms with Crippen LogP contribution in [-0.2, 0) is 13.0 Å². The van der Waals surface area contributed by atoms with Gasteiger partial charge >= 0.3 is 0 Å². The lowest BCUT2D eigenvalue weighted by molar-refractivity contribution is 0.243. The average Bonchev–Trinajstić information content (AvgIpc) is 2.90. The van der Waals surface area contributed by atoms with Crippen LogP contribution in [0.15, 0.2) is 72.1 Å². The van der Waals surface area contributed by atoms with E-state index in [0.717, 1.165) is 0 Å². The second-order valence-corrected chi connectivity index (χ2v) is 37.6. The summed E-state index contributed by atoms with van der Waals surface area (Å²) < 4.78 is 22.3. The lowest BCUT2D eigenvalue weighted by Gasteiger charge is -2.52. The van der Waals surface area contributed by atoms with Gasteiger partial charge < -0.3 is 13.0 Å². The molecule has 0 fully saturated rings. The van der Waals surface area contributed by atoms with Gasteiger partial charge in [-0.3, -0.25) is 0 Å². The first-order valence-electron chi connectivity index (χ1n) is 18.5. The smallest absolute Gasteiger partial charge is 0.243 e. The summed E-state index contributed by atoms with van der Waals surface area (Å²) in [7, 11) is -9.91. The lowest BCUT2D eigenvalue weighted by atomic mass is 10.2. The van der Waals surface area contributed by atoms with E-state index in [9.17, 15) is 0 Å². The van der Waals surface area contributed by atoms with Crippen molar-refractivity contribution in [2.24, 2.45) is 0 Å². The van der Waals surface area contributed by atoms with Gasteiger partial charge in [0.15, 0.2) is 16.6 Å². The van der Waals surface area contributed by atoms with E-state index in [1.807, 2.05) is 0 Å². The van der Waals surface area contributed by atoms with Crippen molar-refractivity contribution in [3.8, 4) is 0 Å². The largest absolute Gasteiger partial charge is 0.442 e. The van der Waals surface area contributed by atoms with E-state index >= 15 is 0 Å². The second-order valence-electron chi connectivity index (χ2n) is 19.6. The first-order valence-corrected chi connectivity index (χ1v) is 28.3. The van der Waals surface area contributed by atoms with Crippen LogP contribution in [0, 0.1) is 13.8 Å². The standard InChI is InChI=1S/C42H74O3Si4/c1-33-25-21-23-27-37(33)48(41(11,12)13,31-29-35(3)43-46(17,18)39(5,6)7)45-49(42(14,15)16,38-28-24-22-26-34(38)2)32-30-36(4)44-47(19,20)40(8,9)10/h21-32,35-36H,1-20H3/t35-,36-,48?,49?/m1/s1. The molecule has 2 aromatic rings. The van der Waals surface area contributed by atoms with E-state index in [-0.39, 0.29) is 32.4 Å². The van der Waals surface area contributed by atoms with Crippen molar-refractivity contribution < 1.29 is 13.0 Å². The molecule has 276 valence electrons. The maximum Gasteiger partial charge on any atom is 0.243 e. The fourth-order valence-corrected chi connectivity index (χ4v) is 20.8. The quantitative estimate of drug-likeness (QED) is 0.203. The van der Waals surface area contributed by atoms with Gasteiger partial charge in [0.2, 0.25) is 16.6 Å². The molecule has 0 heterocycles. The Morgan fingerprint density at radius 2 is 0.776 bits per heavy atom. The van der Waals surface area contributed by atoms with Crippen LogP contribution in [0.25, 0.3) is 0 Å². The zero-order valence-corrected chi connectivity index (χ0v) is 39.3. The summed E-state index contributed by atoms with van der Waals surface area (Å²) in [5.74, 6) is 0. The van der Waals surface area contributed by atoms with Crippen molar-refractivity contribution >= 4 is 43.6 Å². The fourth-order valence-electron chi connectivity index (χ4n) is 6.11. The van der Waals surface area contributed by atoms with Gasteiger partial charge in [-0.2, -0.15) is 0 Å². The summed E-state index contributed by atoms with van der Waals surface area (Å²) in [6.07, 6.45) is 4.63. The Morgan fingerprint density at radius 3 is 1.02 bits per heavy atom. The van der Waals surface area contributed by atoms with Gasteiger partial charge in [-0.05, 0) is 95.5 Å². The zero-order valence-electron chi connectivity index (χ0n) is 35.3. The minimum Gasteiger partial charge on any atom is -0.442 e. The number of rotatable bonds is 12. The Labute approximate surface area is 307 Å². The molecule has 2 unspecified atom stereocenters. The fraction of sp³-hybridized carbons (Fsp3) is 0.619. The molecule has 0 saturated carbocycles. The molecule has 3 nitrogen and oxygen atoms in total. The third kappa shape index (κ3) is 9.96. The van der Waals surface area contributed by atoms with E-state index in [1.54, 1.807) is 0 Å². The average molecular weight is 739 g/mol. The Balaban J connectivity index is 3.03. The highest BCUT2D eigenvalue weighted by Crippen LogP contribution is 2.47. The van der Waals surface area contributed by atoms with Crippen molar-refractivity contribution in [2.75, 3.05) is 0 Å². The highest BCUT2D eigenvalue weighted by Gasteiger charge is 2.57. The van der Waals surface area contributed by atoms with Gasteiger partial charge in [-0.25, -0.2) is 0 Å². The molecule has 0 aliphatic carbocycles. The van der Waals surface area contributed by atoms with Gasteiger partial charge in [-0.1, -0.05) is 155 Å². The lowest BCUT2D eigenvalue weighted by Crippen LogP contribution is -2.69. The summed E-state index contributed by atoms with van der Waals surface area (Å²) in [4.78, 5) is 0. The molecule has 49 heavy (non-hydrogen) atoms. The molecule has 0 bridgehead atoms. The normalized spacial score (nSPS) is 18.0. The van der Waals surface area contributed by atoms with Crippen molar-refractivity contribution in [3.63, 3.8) is 0 Å². The number of hydrogen-bond donors (Lipinski definition) is 0. The van der Waals surface area contributed by atoms with Crippen LogP contribution < -0.4 is 10.4 Å². The molecule has 0 saturated heterocycles. The SMILES string of the molecule is Cc1ccccc1[Si](C=C[C@@H](C)O[Si](C)(C)C(C)(C)C)(O[Si](C=C[C@@H](C)O[Si](C)(C)C(C)(C)C)(c1ccccc1C)C(C)(C)C)C(C)(C)C. The third-order valence-corrected chi connectivity index (χ3v) is 31.6. The summed E-state index contributed by atoms with van der Waals surface area (Å²) in [5, 5.41) is 2.60. The van der Waals surface area contributed by atoms with Gasteiger partial charge in [0.05, 0.1) is 12.2 Å². The Bertz CT molecular complexity index is 1340. The number of benzene rings is 2. The molecular weight excluding hydrogens is 665 g/mol. The van der Waals surface area contributed by atoms with E-state index in [4.69, 9.17) is 13.0 Å². The molecule has 2 aromatic carbocycles. The molecule has 2 rings (SSSR count). The van der Waals surface area contributed by atoms with Crippen LogP contribution in [-0.4, -0.2) is 45.5 Å². The third-order valence-electron chi connectivity index (χ3n) is 11.4. The van der Waals surface area contributed by atoms with Crippen molar-refractivity contribution in [3.05, 3.63) is 83.2 Å². The summed E-state index contributed by atoms with van der Waals surface area (Å²) in [6.45, 7) is 46.5. The van der Waals surface area contributed by atoms with Crippen LogP contribution in [0.3, 0.4) is 0 Å². The van der Waals surface area contributed by atoms with Crippen LogP contribution in [0.2, 0.25) is 46.3 Å². The van der Waals surface area contributed by atoms with E-state index in [1.165, 1.54) is 21.5 Å². The summed E-state index contributed by atoms with van der Waals surface area (Å²) in [5.41, 5.74) is 7.57. The number of aryl methyl sites for hydroxylation is 2. The van der Waals surface area contributed by atoms with Crippen molar-refractivity contribution in [1.82, 2.24) is 0 Å². The maximum absolute atomic E-state index is 8.40. The maximum atomic E-state index is 8.40. The van der Waals surface area contributed by atoms with E-state index in [2.05, 4.69) is 209 Å². The molecule has 0 aliphatic heterocycles. The Kier molecular flexibility index (Phi) is 13.7. The zero-order chi connectivity index (χ0) is 38.1. The predicted octanol–water partition coefficient (Wildman–Crippen LogP) is 11.9. The van der Waals surface area contributed by atoms with Gasteiger partial charge in [0.25, 0.3) is 0 Å². The molecule has 0 spiro atoms. The molecule has 4 atom stereocenters. The minimum atomic E-state index is -2.97. The molecule has 0 aromatic heterocycles. The van der Waals surface area contributed by atoms with Crippen LogP contribution in [0.1, 0.15) is 108 Å². The van der Waals surface area contributed by atoms with E-state index in [0.29, 0.717) is 0 Å².